The molecule has 4 rings (SSSR count). The molecular weight excluding hydrogens is 366 g/mol. The van der Waals surface area contributed by atoms with Gasteiger partial charge < -0.3 is 15.4 Å². The van der Waals surface area contributed by atoms with Gasteiger partial charge in [-0.25, -0.2) is 0 Å². The van der Waals surface area contributed by atoms with E-state index >= 15 is 0 Å². The molecule has 2 heterocycles. The van der Waals surface area contributed by atoms with E-state index < -0.39 is 6.10 Å². The van der Waals surface area contributed by atoms with Gasteiger partial charge in [0.2, 0.25) is 5.91 Å². The Labute approximate surface area is 171 Å². The lowest BCUT2D eigenvalue weighted by Crippen LogP contribution is -2.45. The lowest BCUT2D eigenvalue weighted by atomic mass is 9.96. The van der Waals surface area contributed by atoms with Crippen molar-refractivity contribution in [1.29, 1.82) is 0 Å². The second kappa shape index (κ2) is 8.25. The summed E-state index contributed by atoms with van der Waals surface area (Å²) in [6.07, 6.45) is 2.87. The molecule has 6 nitrogen and oxygen atoms in total. The summed E-state index contributed by atoms with van der Waals surface area (Å²) in [4.78, 5) is 27.6. The van der Waals surface area contributed by atoms with Gasteiger partial charge in [0.1, 0.15) is 11.8 Å². The zero-order chi connectivity index (χ0) is 20.4. The van der Waals surface area contributed by atoms with E-state index in [-0.39, 0.29) is 17.9 Å². The van der Waals surface area contributed by atoms with E-state index in [1.165, 1.54) is 6.42 Å². The maximum Gasteiger partial charge on any atom is 0.265 e. The number of benzene rings is 2. The number of fused-ring (bicyclic) bond motifs is 1. The maximum absolute atomic E-state index is 13.4. The first-order valence-corrected chi connectivity index (χ1v) is 10.3. The normalized spacial score (nSPS) is 22.8. The summed E-state index contributed by atoms with van der Waals surface area (Å²) in [5, 5.41) is 5.88. The fraction of sp³-hybridized carbons (Fsp3) is 0.391. The molecule has 2 N–H and O–H groups in total. The molecule has 0 radical (unpaired) electrons. The molecule has 2 amide bonds. The number of nitrogens with one attached hydrogen (secondary N) is 2. The van der Waals surface area contributed by atoms with Crippen LogP contribution in [-0.2, 0) is 9.59 Å². The highest BCUT2D eigenvalue weighted by atomic mass is 16.5. The second-order valence-electron chi connectivity index (χ2n) is 7.85. The third-order valence-electron chi connectivity index (χ3n) is 5.73. The molecule has 3 atom stereocenters. The summed E-state index contributed by atoms with van der Waals surface area (Å²) in [6.45, 7) is 4.80. The number of nitrogens with zero attached hydrogens (tertiary/aromatic N) is 1. The van der Waals surface area contributed by atoms with Crippen molar-refractivity contribution in [3.8, 4) is 5.75 Å². The van der Waals surface area contributed by atoms with Crippen molar-refractivity contribution in [2.24, 2.45) is 0 Å². The number of rotatable bonds is 4. The van der Waals surface area contributed by atoms with Crippen LogP contribution < -0.4 is 15.4 Å². The summed E-state index contributed by atoms with van der Waals surface area (Å²) >= 11 is 0. The first-order chi connectivity index (χ1) is 14.0. The van der Waals surface area contributed by atoms with Gasteiger partial charge in [0.15, 0.2) is 6.10 Å². The van der Waals surface area contributed by atoms with Crippen LogP contribution in [0.25, 0.3) is 0 Å². The largest absolute Gasteiger partial charge is 0.479 e. The average Bonchev–Trinajstić information content (AvgIpc) is 2.71. The standard InChI is InChI=1S/C23H27N3O3/c1-15-8-6-7-13-26(15)21(17-9-4-3-5-10-17)23(28)24-18-11-12-20-19(14-18)25-22(27)16(2)29-20/h3-5,9-12,14-16,21H,6-8,13H2,1-2H3,(H,24,28)(H,25,27)/t15-,16+,21+/m1/s1. The first kappa shape index (κ1) is 19.5. The Kier molecular flexibility index (Phi) is 5.53. The number of hydrogen-bond donors (Lipinski definition) is 2. The minimum absolute atomic E-state index is 0.0682. The average molecular weight is 393 g/mol. The number of anilines is 2. The zero-order valence-corrected chi connectivity index (χ0v) is 16.9. The molecule has 0 spiro atoms. The Hall–Kier alpha value is -2.86. The highest BCUT2D eigenvalue weighted by Gasteiger charge is 2.32. The molecule has 0 unspecified atom stereocenters. The zero-order valence-electron chi connectivity index (χ0n) is 16.9. The lowest BCUT2D eigenvalue weighted by Gasteiger charge is -2.39. The molecular formula is C23H27N3O3. The van der Waals surface area contributed by atoms with Crippen LogP contribution in [0, 0.1) is 0 Å². The van der Waals surface area contributed by atoms with E-state index in [1.54, 1.807) is 19.1 Å². The van der Waals surface area contributed by atoms with E-state index in [4.69, 9.17) is 4.74 Å². The fourth-order valence-electron chi connectivity index (χ4n) is 4.13. The third kappa shape index (κ3) is 4.12. The topological polar surface area (TPSA) is 70.7 Å². The van der Waals surface area contributed by atoms with Crippen LogP contribution in [0.2, 0.25) is 0 Å². The van der Waals surface area contributed by atoms with E-state index in [0.717, 1.165) is 24.9 Å². The predicted octanol–water partition coefficient (Wildman–Crippen LogP) is 3.96. The number of hydrogen-bond acceptors (Lipinski definition) is 4. The number of amides is 2. The molecule has 0 aromatic heterocycles. The van der Waals surface area contributed by atoms with Crippen molar-refractivity contribution in [3.05, 3.63) is 54.1 Å². The molecule has 29 heavy (non-hydrogen) atoms. The molecule has 6 heteroatoms. The van der Waals surface area contributed by atoms with E-state index in [0.29, 0.717) is 23.2 Å². The fourth-order valence-corrected chi connectivity index (χ4v) is 4.13. The van der Waals surface area contributed by atoms with Crippen molar-refractivity contribution >= 4 is 23.2 Å². The Balaban J connectivity index is 1.59. The molecule has 2 aliphatic rings. The Morgan fingerprint density at radius 1 is 1.17 bits per heavy atom. The molecule has 2 aromatic rings. The predicted molar refractivity (Wildman–Crippen MR) is 113 cm³/mol. The number of carbonyl (C=O) groups is 2. The molecule has 0 aliphatic carbocycles. The van der Waals surface area contributed by atoms with E-state index in [9.17, 15) is 9.59 Å². The summed E-state index contributed by atoms with van der Waals surface area (Å²) in [7, 11) is 0. The number of carbonyl (C=O) groups excluding carboxylic acids is 2. The summed E-state index contributed by atoms with van der Waals surface area (Å²) in [5.41, 5.74) is 2.20. The van der Waals surface area contributed by atoms with Crippen molar-refractivity contribution in [2.45, 2.75) is 51.3 Å². The van der Waals surface area contributed by atoms with Gasteiger partial charge in [-0.2, -0.15) is 0 Å². The first-order valence-electron chi connectivity index (χ1n) is 10.3. The minimum Gasteiger partial charge on any atom is -0.479 e. The van der Waals surface area contributed by atoms with Gasteiger partial charge in [-0.3, -0.25) is 14.5 Å². The monoisotopic (exact) mass is 393 g/mol. The van der Waals surface area contributed by atoms with Crippen LogP contribution in [0.4, 0.5) is 11.4 Å². The molecule has 2 aliphatic heterocycles. The molecule has 152 valence electrons. The highest BCUT2D eigenvalue weighted by Crippen LogP contribution is 2.34. The van der Waals surface area contributed by atoms with Gasteiger partial charge in [-0.1, -0.05) is 36.8 Å². The third-order valence-corrected chi connectivity index (χ3v) is 5.73. The SMILES string of the molecule is C[C@@H]1Oc2ccc(NC(=O)[C@H](c3ccccc3)N3CCCC[C@H]3C)cc2NC1=O. The molecule has 1 saturated heterocycles. The molecule has 0 saturated carbocycles. The van der Waals surface area contributed by atoms with Gasteiger partial charge in [0, 0.05) is 11.7 Å². The number of likely N-dealkylation sites (tertiary alicyclic amines) is 1. The van der Waals surface area contributed by atoms with Crippen molar-refractivity contribution < 1.29 is 14.3 Å². The van der Waals surface area contributed by atoms with Crippen LogP contribution in [0.3, 0.4) is 0 Å². The van der Waals surface area contributed by atoms with Gasteiger partial charge >= 0.3 is 0 Å². The van der Waals surface area contributed by atoms with Crippen LogP contribution >= 0.6 is 0 Å². The second-order valence-corrected chi connectivity index (χ2v) is 7.85. The Morgan fingerprint density at radius 2 is 1.97 bits per heavy atom. The minimum atomic E-state index is -0.522. The molecule has 1 fully saturated rings. The summed E-state index contributed by atoms with van der Waals surface area (Å²) in [5.74, 6) is 0.353. The van der Waals surface area contributed by atoms with E-state index in [1.807, 2.05) is 36.4 Å². The number of piperidine rings is 1. The summed E-state index contributed by atoms with van der Waals surface area (Å²) in [6, 6.07) is 15.2. The molecule has 2 aromatic carbocycles. The quantitative estimate of drug-likeness (QED) is 0.825. The van der Waals surface area contributed by atoms with Crippen molar-refractivity contribution in [3.63, 3.8) is 0 Å². The van der Waals surface area contributed by atoms with Crippen LogP contribution in [0.5, 0.6) is 5.75 Å². The maximum atomic E-state index is 13.4. The van der Waals surface area contributed by atoms with E-state index in [2.05, 4.69) is 22.5 Å². The summed E-state index contributed by atoms with van der Waals surface area (Å²) < 4.78 is 5.60. The molecule has 0 bridgehead atoms. The van der Waals surface area contributed by atoms with Crippen LogP contribution in [0.15, 0.2) is 48.5 Å². The highest BCUT2D eigenvalue weighted by molar-refractivity contribution is 6.00. The van der Waals surface area contributed by atoms with Gasteiger partial charge in [-0.15, -0.1) is 0 Å². The lowest BCUT2D eigenvalue weighted by molar-refractivity contribution is -0.123. The Bertz CT molecular complexity index is 899. The van der Waals surface area contributed by atoms with Crippen LogP contribution in [-0.4, -0.2) is 35.4 Å². The van der Waals surface area contributed by atoms with Crippen molar-refractivity contribution in [1.82, 2.24) is 4.90 Å². The van der Waals surface area contributed by atoms with Crippen molar-refractivity contribution in [2.75, 3.05) is 17.2 Å². The number of ether oxygens (including phenoxy) is 1. The van der Waals surface area contributed by atoms with Gasteiger partial charge in [-0.05, 0) is 57.0 Å². The Morgan fingerprint density at radius 3 is 2.72 bits per heavy atom. The van der Waals surface area contributed by atoms with Crippen LogP contribution in [0.1, 0.15) is 44.7 Å². The smallest absolute Gasteiger partial charge is 0.265 e. The van der Waals surface area contributed by atoms with Gasteiger partial charge in [0.05, 0.1) is 5.69 Å². The van der Waals surface area contributed by atoms with Gasteiger partial charge in [0.25, 0.3) is 5.91 Å².